The van der Waals surface area contributed by atoms with Gasteiger partial charge in [-0.2, -0.15) is 0 Å². The second kappa shape index (κ2) is 4.44. The second-order valence-corrected chi connectivity index (χ2v) is 5.99. The van der Waals surface area contributed by atoms with E-state index in [1.807, 2.05) is 38.1 Å². The molecule has 3 aromatic rings. The van der Waals surface area contributed by atoms with Gasteiger partial charge in [-0.15, -0.1) is 11.3 Å². The van der Waals surface area contributed by atoms with Crippen molar-refractivity contribution in [3.63, 3.8) is 0 Å². The van der Waals surface area contributed by atoms with E-state index < -0.39 is 5.60 Å². The van der Waals surface area contributed by atoms with Crippen LogP contribution in [-0.2, 0) is 5.60 Å². The number of nitrogens with zero attached hydrogens (tertiary/aromatic N) is 1. The first-order valence-electron chi connectivity index (χ1n) is 6.22. The lowest BCUT2D eigenvalue weighted by Gasteiger charge is -2.22. The lowest BCUT2D eigenvalue weighted by Crippen LogP contribution is -2.21. The number of rotatable bonds is 2. The van der Waals surface area contributed by atoms with Crippen molar-refractivity contribution in [2.45, 2.75) is 19.4 Å². The van der Waals surface area contributed by atoms with Crippen LogP contribution in [0.4, 0.5) is 0 Å². The zero-order valence-corrected chi connectivity index (χ0v) is 11.7. The van der Waals surface area contributed by atoms with Crippen molar-refractivity contribution in [1.29, 1.82) is 0 Å². The summed E-state index contributed by atoms with van der Waals surface area (Å²) >= 11 is 1.63. The summed E-state index contributed by atoms with van der Waals surface area (Å²) in [6.07, 6.45) is 1.75. The Kier molecular flexibility index (Phi) is 2.88. The largest absolute Gasteiger partial charge is 0.380 e. The molecule has 2 aromatic heterocycles. The summed E-state index contributed by atoms with van der Waals surface area (Å²) in [5.74, 6) is 0. The molecule has 0 amide bonds. The number of hydrogen-bond acceptors (Lipinski definition) is 3. The van der Waals surface area contributed by atoms with E-state index in [2.05, 4.69) is 23.2 Å². The summed E-state index contributed by atoms with van der Waals surface area (Å²) in [6.45, 7) is 3.77. The molecule has 0 aliphatic carbocycles. The van der Waals surface area contributed by atoms with Gasteiger partial charge in [0.1, 0.15) is 5.60 Å². The SMILES string of the molecule is Cc1ccc(C(C)(O)c2cc3ccccc3s2)cn1. The first-order valence-corrected chi connectivity index (χ1v) is 7.03. The summed E-state index contributed by atoms with van der Waals surface area (Å²) in [6, 6.07) is 14.1. The molecule has 1 aromatic carbocycles. The normalized spacial score (nSPS) is 14.5. The predicted octanol–water partition coefficient (Wildman–Crippen LogP) is 3.86. The number of aromatic nitrogens is 1. The Morgan fingerprint density at radius 1 is 1.16 bits per heavy atom. The summed E-state index contributed by atoms with van der Waals surface area (Å²) < 4.78 is 1.19. The van der Waals surface area contributed by atoms with Crippen molar-refractivity contribution in [2.75, 3.05) is 0 Å². The van der Waals surface area contributed by atoms with E-state index in [9.17, 15) is 5.11 Å². The molecule has 0 radical (unpaired) electrons. The van der Waals surface area contributed by atoms with E-state index in [1.54, 1.807) is 17.5 Å². The fraction of sp³-hybridized carbons (Fsp3) is 0.188. The molecule has 96 valence electrons. The molecular formula is C16H15NOS. The molecule has 0 saturated heterocycles. The van der Waals surface area contributed by atoms with Crippen LogP contribution in [0.5, 0.6) is 0 Å². The topological polar surface area (TPSA) is 33.1 Å². The molecule has 2 heterocycles. The Balaban J connectivity index is 2.10. The molecule has 0 fully saturated rings. The Hall–Kier alpha value is -1.71. The van der Waals surface area contributed by atoms with Crippen LogP contribution in [0.15, 0.2) is 48.7 Å². The maximum atomic E-state index is 10.8. The average Bonchev–Trinajstić information content (AvgIpc) is 2.83. The van der Waals surface area contributed by atoms with Gasteiger partial charge in [-0.05, 0) is 37.4 Å². The van der Waals surface area contributed by atoms with E-state index in [1.165, 1.54) is 10.1 Å². The van der Waals surface area contributed by atoms with Crippen LogP contribution in [-0.4, -0.2) is 10.1 Å². The highest BCUT2D eigenvalue weighted by atomic mass is 32.1. The zero-order valence-electron chi connectivity index (χ0n) is 10.9. The molecule has 0 saturated carbocycles. The fourth-order valence-electron chi connectivity index (χ4n) is 2.12. The maximum absolute atomic E-state index is 10.8. The number of benzene rings is 1. The molecular weight excluding hydrogens is 254 g/mol. The van der Waals surface area contributed by atoms with Crippen molar-refractivity contribution in [3.8, 4) is 0 Å². The van der Waals surface area contributed by atoms with Gasteiger partial charge < -0.3 is 5.11 Å². The molecule has 19 heavy (non-hydrogen) atoms. The van der Waals surface area contributed by atoms with Crippen molar-refractivity contribution in [2.24, 2.45) is 0 Å². The van der Waals surface area contributed by atoms with Crippen LogP contribution in [0.25, 0.3) is 10.1 Å². The highest BCUT2D eigenvalue weighted by molar-refractivity contribution is 7.19. The van der Waals surface area contributed by atoms with Crippen molar-refractivity contribution in [3.05, 3.63) is 64.8 Å². The van der Waals surface area contributed by atoms with Crippen LogP contribution in [0, 0.1) is 6.92 Å². The molecule has 1 unspecified atom stereocenters. The zero-order chi connectivity index (χ0) is 13.5. The standard InChI is InChI=1S/C16H15NOS/c1-11-7-8-13(10-17-11)16(2,18)15-9-12-5-3-4-6-14(12)19-15/h3-10,18H,1-2H3. The van der Waals surface area contributed by atoms with Gasteiger partial charge >= 0.3 is 0 Å². The summed E-state index contributed by atoms with van der Waals surface area (Å²) in [4.78, 5) is 5.21. The number of aliphatic hydroxyl groups is 1. The lowest BCUT2D eigenvalue weighted by molar-refractivity contribution is 0.106. The van der Waals surface area contributed by atoms with Gasteiger partial charge in [0.2, 0.25) is 0 Å². The van der Waals surface area contributed by atoms with Crippen molar-refractivity contribution in [1.82, 2.24) is 4.98 Å². The molecule has 1 N–H and O–H groups in total. The number of aryl methyl sites for hydroxylation is 1. The van der Waals surface area contributed by atoms with Gasteiger partial charge in [-0.1, -0.05) is 24.3 Å². The van der Waals surface area contributed by atoms with E-state index in [0.717, 1.165) is 16.1 Å². The third-order valence-corrected chi connectivity index (χ3v) is 4.71. The van der Waals surface area contributed by atoms with E-state index in [0.29, 0.717) is 0 Å². The van der Waals surface area contributed by atoms with E-state index >= 15 is 0 Å². The minimum Gasteiger partial charge on any atom is -0.380 e. The van der Waals surface area contributed by atoms with Gasteiger partial charge in [0, 0.05) is 27.0 Å². The Bertz CT molecular complexity index is 680. The maximum Gasteiger partial charge on any atom is 0.122 e. The lowest BCUT2D eigenvalue weighted by atomic mass is 9.95. The molecule has 2 nitrogen and oxygen atoms in total. The second-order valence-electron chi connectivity index (χ2n) is 4.91. The third-order valence-electron chi connectivity index (χ3n) is 3.38. The third kappa shape index (κ3) is 2.15. The Morgan fingerprint density at radius 2 is 1.95 bits per heavy atom. The summed E-state index contributed by atoms with van der Waals surface area (Å²) in [7, 11) is 0. The van der Waals surface area contributed by atoms with Crippen molar-refractivity contribution < 1.29 is 5.11 Å². The van der Waals surface area contributed by atoms with E-state index in [4.69, 9.17) is 0 Å². The number of fused-ring (bicyclic) bond motifs is 1. The van der Waals surface area contributed by atoms with Crippen LogP contribution >= 0.6 is 11.3 Å². The first-order chi connectivity index (χ1) is 9.07. The van der Waals surface area contributed by atoms with Crippen LogP contribution < -0.4 is 0 Å². The highest BCUT2D eigenvalue weighted by Gasteiger charge is 2.28. The molecule has 0 aliphatic heterocycles. The number of hydrogen-bond donors (Lipinski definition) is 1. The minimum atomic E-state index is -0.996. The van der Waals surface area contributed by atoms with Gasteiger partial charge in [0.25, 0.3) is 0 Å². The van der Waals surface area contributed by atoms with Crippen molar-refractivity contribution >= 4 is 21.4 Å². The smallest absolute Gasteiger partial charge is 0.122 e. The molecule has 1 atom stereocenters. The van der Waals surface area contributed by atoms with Gasteiger partial charge in [-0.3, -0.25) is 4.98 Å². The molecule has 3 rings (SSSR count). The Labute approximate surface area is 116 Å². The number of thiophene rings is 1. The highest BCUT2D eigenvalue weighted by Crippen LogP contribution is 2.36. The average molecular weight is 269 g/mol. The summed E-state index contributed by atoms with van der Waals surface area (Å²) in [5.41, 5.74) is 0.783. The van der Waals surface area contributed by atoms with Gasteiger partial charge in [-0.25, -0.2) is 0 Å². The minimum absolute atomic E-state index is 0.824. The number of pyridine rings is 1. The first kappa shape index (κ1) is 12.3. The Morgan fingerprint density at radius 3 is 2.63 bits per heavy atom. The van der Waals surface area contributed by atoms with E-state index in [-0.39, 0.29) is 0 Å². The van der Waals surface area contributed by atoms with Crippen LogP contribution in [0.3, 0.4) is 0 Å². The molecule has 0 spiro atoms. The van der Waals surface area contributed by atoms with Crippen LogP contribution in [0.1, 0.15) is 23.1 Å². The fourth-order valence-corrected chi connectivity index (χ4v) is 3.25. The monoisotopic (exact) mass is 269 g/mol. The molecule has 3 heteroatoms. The van der Waals surface area contributed by atoms with Gasteiger partial charge in [0.05, 0.1) is 0 Å². The molecule has 0 bridgehead atoms. The molecule has 0 aliphatic rings. The predicted molar refractivity (Wildman–Crippen MR) is 79.5 cm³/mol. The summed E-state index contributed by atoms with van der Waals surface area (Å²) in [5, 5.41) is 12.0. The van der Waals surface area contributed by atoms with Gasteiger partial charge in [0.15, 0.2) is 0 Å². The van der Waals surface area contributed by atoms with Crippen LogP contribution in [0.2, 0.25) is 0 Å². The quantitative estimate of drug-likeness (QED) is 0.766.